The smallest absolute Gasteiger partial charge is 0.282 e. The lowest BCUT2D eigenvalue weighted by Gasteiger charge is -2.03. The molecule has 2 N–H and O–H groups in total. The van der Waals surface area contributed by atoms with Crippen molar-refractivity contribution < 1.29 is 9.72 Å². The zero-order chi connectivity index (χ0) is 10.6. The Labute approximate surface area is 79.3 Å². The van der Waals surface area contributed by atoms with E-state index in [2.05, 4.69) is 15.8 Å². The summed E-state index contributed by atoms with van der Waals surface area (Å²) >= 11 is 0. The van der Waals surface area contributed by atoms with Crippen molar-refractivity contribution in [3.8, 4) is 0 Å². The van der Waals surface area contributed by atoms with Gasteiger partial charge < -0.3 is 0 Å². The van der Waals surface area contributed by atoms with Crippen LogP contribution in [-0.2, 0) is 4.79 Å². The average molecular weight is 196 g/mol. The van der Waals surface area contributed by atoms with Crippen LogP contribution in [0.3, 0.4) is 0 Å². The second-order valence-corrected chi connectivity index (χ2v) is 2.46. The van der Waals surface area contributed by atoms with E-state index in [4.69, 9.17) is 0 Å². The number of rotatable bonds is 3. The molecular formula is C7H8N4O3. The van der Waals surface area contributed by atoms with Gasteiger partial charge in [-0.3, -0.25) is 25.8 Å². The topological polar surface area (TPSA) is 97.2 Å². The summed E-state index contributed by atoms with van der Waals surface area (Å²) in [6.07, 6.45) is 1.10. The minimum Gasteiger partial charge on any atom is -0.282 e. The number of carbonyl (C=O) groups is 1. The first kappa shape index (κ1) is 9.90. The Bertz CT molecular complexity index is 348. The SMILES string of the molecule is CC(=O)NNc1ccc([N+](=O)[O-])cn1. The van der Waals surface area contributed by atoms with Crippen LogP contribution in [-0.4, -0.2) is 15.8 Å². The molecule has 1 aromatic rings. The number of pyridine rings is 1. The highest BCUT2D eigenvalue weighted by Gasteiger charge is 2.04. The molecule has 1 rings (SSSR count). The highest BCUT2D eigenvalue weighted by molar-refractivity contribution is 5.74. The number of hydrogen-bond donors (Lipinski definition) is 2. The van der Waals surface area contributed by atoms with E-state index < -0.39 is 4.92 Å². The number of carbonyl (C=O) groups excluding carboxylic acids is 1. The Morgan fingerprint density at radius 1 is 1.57 bits per heavy atom. The molecule has 0 aliphatic carbocycles. The lowest BCUT2D eigenvalue weighted by molar-refractivity contribution is -0.385. The van der Waals surface area contributed by atoms with E-state index in [1.165, 1.54) is 19.1 Å². The normalized spacial score (nSPS) is 9.21. The summed E-state index contributed by atoms with van der Waals surface area (Å²) in [4.78, 5) is 23.9. The van der Waals surface area contributed by atoms with E-state index in [1.54, 1.807) is 0 Å². The third kappa shape index (κ3) is 2.70. The molecule has 0 unspecified atom stereocenters. The molecule has 0 fully saturated rings. The van der Waals surface area contributed by atoms with Gasteiger partial charge in [0.2, 0.25) is 5.91 Å². The maximum Gasteiger partial charge on any atom is 0.287 e. The molecule has 0 saturated heterocycles. The molecule has 0 aliphatic heterocycles. The zero-order valence-corrected chi connectivity index (χ0v) is 7.35. The minimum atomic E-state index is -0.546. The Morgan fingerprint density at radius 2 is 2.29 bits per heavy atom. The van der Waals surface area contributed by atoms with Gasteiger partial charge in [0, 0.05) is 13.0 Å². The second-order valence-electron chi connectivity index (χ2n) is 2.46. The summed E-state index contributed by atoms with van der Waals surface area (Å²) in [5.41, 5.74) is 4.67. The summed E-state index contributed by atoms with van der Waals surface area (Å²) in [6.45, 7) is 1.33. The number of nitrogens with one attached hydrogen (secondary N) is 2. The van der Waals surface area contributed by atoms with Gasteiger partial charge in [-0.05, 0) is 6.07 Å². The second kappa shape index (κ2) is 4.17. The van der Waals surface area contributed by atoms with Crippen LogP contribution in [0.25, 0.3) is 0 Å². The lowest BCUT2D eigenvalue weighted by atomic mass is 10.4. The van der Waals surface area contributed by atoms with Crippen molar-refractivity contribution in [3.63, 3.8) is 0 Å². The van der Waals surface area contributed by atoms with Gasteiger partial charge >= 0.3 is 0 Å². The third-order valence-corrected chi connectivity index (χ3v) is 1.33. The summed E-state index contributed by atoms with van der Waals surface area (Å²) in [6, 6.07) is 2.69. The molecule has 0 atom stereocenters. The Kier molecular flexibility index (Phi) is 2.95. The molecule has 0 spiro atoms. The van der Waals surface area contributed by atoms with Crippen molar-refractivity contribution in [2.24, 2.45) is 0 Å². The molecule has 1 aromatic heterocycles. The largest absolute Gasteiger partial charge is 0.287 e. The van der Waals surface area contributed by atoms with Crippen LogP contribution >= 0.6 is 0 Å². The van der Waals surface area contributed by atoms with Gasteiger partial charge in [-0.2, -0.15) is 0 Å². The number of amides is 1. The molecule has 0 aliphatic rings. The summed E-state index contributed by atoms with van der Waals surface area (Å²) < 4.78 is 0. The maximum absolute atomic E-state index is 10.5. The molecule has 0 saturated carbocycles. The van der Waals surface area contributed by atoms with Crippen LogP contribution < -0.4 is 10.9 Å². The number of nitrogens with zero attached hydrogens (tertiary/aromatic N) is 2. The molecule has 0 aromatic carbocycles. The first-order valence-corrected chi connectivity index (χ1v) is 3.72. The van der Waals surface area contributed by atoms with Crippen LogP contribution in [0.15, 0.2) is 18.3 Å². The first-order chi connectivity index (χ1) is 6.59. The monoisotopic (exact) mass is 196 g/mol. The average Bonchev–Trinajstić information content (AvgIpc) is 2.15. The lowest BCUT2D eigenvalue weighted by Crippen LogP contribution is -2.26. The molecule has 7 heteroatoms. The van der Waals surface area contributed by atoms with Crippen molar-refractivity contribution in [1.82, 2.24) is 10.4 Å². The van der Waals surface area contributed by atoms with Gasteiger partial charge in [-0.25, -0.2) is 4.98 Å². The predicted octanol–water partition coefficient (Wildman–Crippen LogP) is 0.453. The summed E-state index contributed by atoms with van der Waals surface area (Å²) in [5.74, 6) is 0.0657. The molecule has 1 heterocycles. The zero-order valence-electron chi connectivity index (χ0n) is 7.35. The number of anilines is 1. The Balaban J connectivity index is 2.64. The number of nitro groups is 1. The highest BCUT2D eigenvalue weighted by atomic mass is 16.6. The molecule has 7 nitrogen and oxygen atoms in total. The van der Waals surface area contributed by atoms with Crippen LogP contribution in [0.1, 0.15) is 6.92 Å². The van der Waals surface area contributed by atoms with E-state index in [9.17, 15) is 14.9 Å². The fourth-order valence-corrected chi connectivity index (χ4v) is 0.720. The first-order valence-electron chi connectivity index (χ1n) is 3.72. The van der Waals surface area contributed by atoms with Crippen molar-refractivity contribution in [3.05, 3.63) is 28.4 Å². The Hall–Kier alpha value is -2.18. The fraction of sp³-hybridized carbons (Fsp3) is 0.143. The van der Waals surface area contributed by atoms with E-state index in [0.29, 0.717) is 5.82 Å². The van der Waals surface area contributed by atoms with Gasteiger partial charge in [0.05, 0.1) is 4.92 Å². The van der Waals surface area contributed by atoms with Gasteiger partial charge in [-0.15, -0.1) is 0 Å². The molecule has 0 bridgehead atoms. The van der Waals surface area contributed by atoms with Gasteiger partial charge in [-0.1, -0.05) is 0 Å². The van der Waals surface area contributed by atoms with E-state index >= 15 is 0 Å². The fourth-order valence-electron chi connectivity index (χ4n) is 0.720. The molecular weight excluding hydrogens is 188 g/mol. The van der Waals surface area contributed by atoms with Crippen molar-refractivity contribution in [1.29, 1.82) is 0 Å². The molecule has 74 valence electrons. The molecule has 0 radical (unpaired) electrons. The molecule has 14 heavy (non-hydrogen) atoms. The highest BCUT2D eigenvalue weighted by Crippen LogP contribution is 2.10. The van der Waals surface area contributed by atoms with Crippen LogP contribution in [0.2, 0.25) is 0 Å². The van der Waals surface area contributed by atoms with Crippen molar-refractivity contribution in [2.75, 3.05) is 5.43 Å². The van der Waals surface area contributed by atoms with E-state index in [-0.39, 0.29) is 11.6 Å². The van der Waals surface area contributed by atoms with Crippen LogP contribution in [0.5, 0.6) is 0 Å². The number of aromatic nitrogens is 1. The van der Waals surface area contributed by atoms with Gasteiger partial charge in [0.1, 0.15) is 12.0 Å². The number of hydrogen-bond acceptors (Lipinski definition) is 5. The van der Waals surface area contributed by atoms with Crippen molar-refractivity contribution >= 4 is 17.4 Å². The quantitative estimate of drug-likeness (QED) is 0.540. The standard InChI is InChI=1S/C7H8N4O3/c1-5(12)9-10-7-3-2-6(4-8-7)11(13)14/h2-4H,1H3,(H,8,10)(H,9,12). The van der Waals surface area contributed by atoms with E-state index in [1.807, 2.05) is 0 Å². The summed E-state index contributed by atoms with van der Waals surface area (Å²) in [5, 5.41) is 10.3. The Morgan fingerprint density at radius 3 is 2.71 bits per heavy atom. The van der Waals surface area contributed by atoms with Gasteiger partial charge in [0.15, 0.2) is 0 Å². The van der Waals surface area contributed by atoms with E-state index in [0.717, 1.165) is 6.20 Å². The third-order valence-electron chi connectivity index (χ3n) is 1.33. The van der Waals surface area contributed by atoms with Crippen LogP contribution in [0.4, 0.5) is 11.5 Å². The van der Waals surface area contributed by atoms with Crippen molar-refractivity contribution in [2.45, 2.75) is 6.92 Å². The molecule has 1 amide bonds. The summed E-state index contributed by atoms with van der Waals surface area (Å²) in [7, 11) is 0. The number of hydrazine groups is 1. The van der Waals surface area contributed by atoms with Gasteiger partial charge in [0.25, 0.3) is 5.69 Å². The maximum atomic E-state index is 10.5. The van der Waals surface area contributed by atoms with Crippen LogP contribution in [0, 0.1) is 10.1 Å². The predicted molar refractivity (Wildman–Crippen MR) is 48.3 cm³/mol. The minimum absolute atomic E-state index is 0.0987.